The van der Waals surface area contributed by atoms with Crippen molar-refractivity contribution in [3.63, 3.8) is 0 Å². The lowest BCUT2D eigenvalue weighted by Gasteiger charge is -2.14. The lowest BCUT2D eigenvalue weighted by atomic mass is 10.2. The molecule has 1 aromatic carbocycles. The number of ether oxygens (including phenoxy) is 2. The molecule has 0 saturated heterocycles. The van der Waals surface area contributed by atoms with Crippen LogP contribution in [0.5, 0.6) is 11.5 Å². The topological polar surface area (TPSA) is 54.9 Å². The number of guanidine groups is 1. The summed E-state index contributed by atoms with van der Waals surface area (Å²) in [4.78, 5) is 5.37. The van der Waals surface area contributed by atoms with Crippen molar-refractivity contribution in [1.82, 2.24) is 10.6 Å². The summed E-state index contributed by atoms with van der Waals surface area (Å²) < 4.78 is 34.7. The molecule has 1 aromatic heterocycles. The molecule has 136 valence electrons. The van der Waals surface area contributed by atoms with Gasteiger partial charge in [0.25, 0.3) is 0 Å². The number of rotatable bonds is 8. The highest BCUT2D eigenvalue weighted by molar-refractivity contribution is 7.09. The van der Waals surface area contributed by atoms with Gasteiger partial charge in [0.15, 0.2) is 17.5 Å². The Bertz CT molecular complexity index is 679. The molecule has 8 heteroatoms. The Kier molecular flexibility index (Phi) is 7.46. The maximum atomic E-state index is 12.4. The Labute approximate surface area is 149 Å². The standard InChI is InChI=1S/C17H21F2N3O2S/c1-3-23-15-9-12(6-7-14(15)24-16(18)19)10-21-17(20-2)22-11-13-5-4-8-25-13/h4-9,16H,3,10-11H2,1-2H3,(H2,20,21,22). The van der Waals surface area contributed by atoms with Crippen molar-refractivity contribution in [2.45, 2.75) is 26.6 Å². The van der Waals surface area contributed by atoms with E-state index in [1.807, 2.05) is 17.5 Å². The van der Waals surface area contributed by atoms with E-state index in [2.05, 4.69) is 20.4 Å². The molecule has 0 aliphatic carbocycles. The number of hydrogen-bond donors (Lipinski definition) is 2. The lowest BCUT2D eigenvalue weighted by molar-refractivity contribution is -0.0514. The zero-order valence-electron chi connectivity index (χ0n) is 14.1. The van der Waals surface area contributed by atoms with Gasteiger partial charge in [-0.15, -0.1) is 11.3 Å². The van der Waals surface area contributed by atoms with E-state index in [0.29, 0.717) is 31.4 Å². The smallest absolute Gasteiger partial charge is 0.387 e. The minimum absolute atomic E-state index is 0.0285. The first-order valence-electron chi connectivity index (χ1n) is 7.79. The van der Waals surface area contributed by atoms with Gasteiger partial charge < -0.3 is 20.1 Å². The van der Waals surface area contributed by atoms with Crippen LogP contribution in [0.4, 0.5) is 8.78 Å². The van der Waals surface area contributed by atoms with Crippen molar-refractivity contribution >= 4 is 17.3 Å². The molecular formula is C17H21F2N3O2S. The predicted molar refractivity (Wildman–Crippen MR) is 95.6 cm³/mol. The van der Waals surface area contributed by atoms with E-state index >= 15 is 0 Å². The van der Waals surface area contributed by atoms with Gasteiger partial charge in [-0.3, -0.25) is 4.99 Å². The molecule has 0 aliphatic rings. The highest BCUT2D eigenvalue weighted by atomic mass is 32.1. The van der Waals surface area contributed by atoms with Crippen LogP contribution in [-0.2, 0) is 13.1 Å². The van der Waals surface area contributed by atoms with E-state index in [-0.39, 0.29) is 5.75 Å². The van der Waals surface area contributed by atoms with Crippen LogP contribution in [-0.4, -0.2) is 26.2 Å². The number of thiophene rings is 1. The molecule has 25 heavy (non-hydrogen) atoms. The fraction of sp³-hybridized carbons (Fsp3) is 0.353. The van der Waals surface area contributed by atoms with E-state index in [4.69, 9.17) is 4.74 Å². The largest absolute Gasteiger partial charge is 0.490 e. The Morgan fingerprint density at radius 2 is 2.00 bits per heavy atom. The molecule has 0 saturated carbocycles. The van der Waals surface area contributed by atoms with E-state index in [0.717, 1.165) is 5.56 Å². The number of benzene rings is 1. The average Bonchev–Trinajstić information content (AvgIpc) is 3.10. The minimum Gasteiger partial charge on any atom is -0.490 e. The Hall–Kier alpha value is -2.35. The normalized spacial score (nSPS) is 11.5. The highest BCUT2D eigenvalue weighted by Gasteiger charge is 2.11. The van der Waals surface area contributed by atoms with E-state index < -0.39 is 6.61 Å². The molecule has 0 unspecified atom stereocenters. The van der Waals surface area contributed by atoms with Gasteiger partial charge in [-0.2, -0.15) is 8.78 Å². The van der Waals surface area contributed by atoms with Crippen molar-refractivity contribution in [3.8, 4) is 11.5 Å². The zero-order chi connectivity index (χ0) is 18.1. The first kappa shape index (κ1) is 19.0. The molecule has 2 N–H and O–H groups in total. The maximum Gasteiger partial charge on any atom is 0.387 e. The second-order valence-electron chi connectivity index (χ2n) is 4.95. The molecule has 2 rings (SSSR count). The van der Waals surface area contributed by atoms with Gasteiger partial charge in [0.05, 0.1) is 13.2 Å². The van der Waals surface area contributed by atoms with Crippen LogP contribution in [0.3, 0.4) is 0 Å². The number of halogens is 2. The zero-order valence-corrected chi connectivity index (χ0v) is 14.9. The molecule has 0 radical (unpaired) electrons. The van der Waals surface area contributed by atoms with Crippen molar-refractivity contribution in [3.05, 3.63) is 46.2 Å². The van der Waals surface area contributed by atoms with E-state index in [1.165, 1.54) is 10.9 Å². The van der Waals surface area contributed by atoms with Gasteiger partial charge in [-0.1, -0.05) is 12.1 Å². The van der Waals surface area contributed by atoms with Crippen molar-refractivity contribution in [1.29, 1.82) is 0 Å². The summed E-state index contributed by atoms with van der Waals surface area (Å²) in [5.74, 6) is 0.976. The third-order valence-corrected chi connectivity index (χ3v) is 4.09. The second-order valence-corrected chi connectivity index (χ2v) is 5.98. The molecular weight excluding hydrogens is 348 g/mol. The highest BCUT2D eigenvalue weighted by Crippen LogP contribution is 2.29. The number of nitrogens with one attached hydrogen (secondary N) is 2. The van der Waals surface area contributed by atoms with Crippen LogP contribution in [0.1, 0.15) is 17.4 Å². The third kappa shape index (κ3) is 6.22. The number of aliphatic imine (C=N–C) groups is 1. The molecule has 0 amide bonds. The lowest BCUT2D eigenvalue weighted by Crippen LogP contribution is -2.36. The van der Waals surface area contributed by atoms with Gasteiger partial charge in [0.2, 0.25) is 0 Å². The first-order valence-corrected chi connectivity index (χ1v) is 8.67. The number of alkyl halides is 2. The fourth-order valence-corrected chi connectivity index (χ4v) is 2.76. The minimum atomic E-state index is -2.89. The maximum absolute atomic E-state index is 12.4. The van der Waals surface area contributed by atoms with Crippen LogP contribution in [0.15, 0.2) is 40.7 Å². The quantitative estimate of drug-likeness (QED) is 0.551. The van der Waals surface area contributed by atoms with E-state index in [9.17, 15) is 8.78 Å². The summed E-state index contributed by atoms with van der Waals surface area (Å²) in [5, 5.41) is 8.41. The van der Waals surface area contributed by atoms with Crippen molar-refractivity contribution in [2.75, 3.05) is 13.7 Å². The van der Waals surface area contributed by atoms with Gasteiger partial charge in [0, 0.05) is 18.5 Å². The van der Waals surface area contributed by atoms with Crippen LogP contribution >= 0.6 is 11.3 Å². The Morgan fingerprint density at radius 3 is 2.64 bits per heavy atom. The van der Waals surface area contributed by atoms with Crippen LogP contribution < -0.4 is 20.1 Å². The molecule has 0 bridgehead atoms. The summed E-state index contributed by atoms with van der Waals surface area (Å²) in [6.07, 6.45) is 0. The summed E-state index contributed by atoms with van der Waals surface area (Å²) in [6.45, 7) is 0.416. The molecule has 2 aromatic rings. The SMILES string of the molecule is CCOc1cc(CNC(=NC)NCc2cccs2)ccc1OC(F)F. The molecule has 0 atom stereocenters. The molecule has 0 aliphatic heterocycles. The van der Waals surface area contributed by atoms with Gasteiger partial charge in [-0.05, 0) is 36.1 Å². The summed E-state index contributed by atoms with van der Waals surface area (Å²) >= 11 is 1.67. The van der Waals surface area contributed by atoms with Crippen LogP contribution in [0.25, 0.3) is 0 Å². The van der Waals surface area contributed by atoms with Crippen molar-refractivity contribution < 1.29 is 18.3 Å². The molecule has 0 fully saturated rings. The first-order chi connectivity index (χ1) is 12.1. The van der Waals surface area contributed by atoms with Crippen LogP contribution in [0.2, 0.25) is 0 Å². The summed E-state index contributed by atoms with van der Waals surface area (Å²) in [6, 6.07) is 8.91. The Balaban J connectivity index is 1.95. The van der Waals surface area contributed by atoms with Crippen LogP contribution in [0, 0.1) is 0 Å². The van der Waals surface area contributed by atoms with Crippen molar-refractivity contribution in [2.24, 2.45) is 4.99 Å². The summed E-state index contributed by atoms with van der Waals surface area (Å²) in [7, 11) is 1.69. The molecule has 1 heterocycles. The molecule has 0 spiro atoms. The monoisotopic (exact) mass is 369 g/mol. The van der Waals surface area contributed by atoms with Gasteiger partial charge in [0.1, 0.15) is 0 Å². The average molecular weight is 369 g/mol. The molecule has 5 nitrogen and oxygen atoms in total. The fourth-order valence-electron chi connectivity index (χ4n) is 2.11. The van der Waals surface area contributed by atoms with E-state index in [1.54, 1.807) is 37.4 Å². The number of nitrogens with zero attached hydrogens (tertiary/aromatic N) is 1. The van der Waals surface area contributed by atoms with Gasteiger partial charge in [-0.25, -0.2) is 0 Å². The third-order valence-electron chi connectivity index (χ3n) is 3.22. The second kappa shape index (κ2) is 9.83. The summed E-state index contributed by atoms with van der Waals surface area (Å²) in [5.41, 5.74) is 0.865. The predicted octanol–water partition coefficient (Wildman–Crippen LogP) is 3.61. The Morgan fingerprint density at radius 1 is 1.20 bits per heavy atom. The number of hydrogen-bond acceptors (Lipinski definition) is 4. The van der Waals surface area contributed by atoms with Gasteiger partial charge >= 0.3 is 6.61 Å².